The average molecular weight is 298 g/mol. The van der Waals surface area contributed by atoms with Gasteiger partial charge in [-0.2, -0.15) is 0 Å². The average Bonchev–Trinajstić information content (AvgIpc) is 2.70. The van der Waals surface area contributed by atoms with Crippen molar-refractivity contribution < 1.29 is 27.1 Å². The van der Waals surface area contributed by atoms with Crippen LogP contribution in [0.1, 0.15) is 21.9 Å². The molecule has 0 atom stereocenters. The lowest BCUT2D eigenvalue weighted by Gasteiger charge is -2.02. The summed E-state index contributed by atoms with van der Waals surface area (Å²) in [5.41, 5.74) is 0.349. The van der Waals surface area contributed by atoms with Gasteiger partial charge in [0.25, 0.3) is 0 Å². The lowest BCUT2D eigenvalue weighted by atomic mass is 10.3. The summed E-state index contributed by atoms with van der Waals surface area (Å²) < 4.78 is 41.9. The van der Waals surface area contributed by atoms with E-state index in [4.69, 9.17) is 9.52 Å². The van der Waals surface area contributed by atoms with Crippen LogP contribution in [-0.4, -0.2) is 19.5 Å². The normalized spacial score (nSPS) is 11.5. The number of rotatable bonds is 4. The fourth-order valence-corrected chi connectivity index (χ4v) is 2.98. The molecule has 0 radical (unpaired) electrons. The Morgan fingerprint density at radius 2 is 1.90 bits per heavy atom. The zero-order valence-electron chi connectivity index (χ0n) is 10.5. The van der Waals surface area contributed by atoms with Gasteiger partial charge in [-0.1, -0.05) is 0 Å². The number of benzene rings is 1. The van der Waals surface area contributed by atoms with Crippen LogP contribution in [0.15, 0.2) is 39.6 Å². The maximum absolute atomic E-state index is 12.8. The molecular formula is C13H11FO5S. The van der Waals surface area contributed by atoms with Crippen LogP contribution in [0, 0.1) is 12.7 Å². The molecule has 0 bridgehead atoms. The number of furan rings is 1. The van der Waals surface area contributed by atoms with Crippen LogP contribution in [0.2, 0.25) is 0 Å². The summed E-state index contributed by atoms with van der Waals surface area (Å²) in [4.78, 5) is 10.8. The van der Waals surface area contributed by atoms with Gasteiger partial charge in [0.15, 0.2) is 9.84 Å². The van der Waals surface area contributed by atoms with Crippen molar-refractivity contribution in [2.45, 2.75) is 17.6 Å². The zero-order valence-corrected chi connectivity index (χ0v) is 11.3. The predicted octanol–water partition coefficient (Wildman–Crippen LogP) is 2.40. The van der Waals surface area contributed by atoms with Crippen molar-refractivity contribution in [3.63, 3.8) is 0 Å². The van der Waals surface area contributed by atoms with Gasteiger partial charge in [-0.3, -0.25) is 0 Å². The SMILES string of the molecule is Cc1cc(CS(=O)(=O)c2ccc(F)cc2)oc1C(=O)O. The highest BCUT2D eigenvalue weighted by molar-refractivity contribution is 7.90. The van der Waals surface area contributed by atoms with Crippen LogP contribution in [0.4, 0.5) is 4.39 Å². The van der Waals surface area contributed by atoms with E-state index in [-0.39, 0.29) is 16.4 Å². The Morgan fingerprint density at radius 1 is 1.30 bits per heavy atom. The number of aromatic carboxylic acids is 1. The van der Waals surface area contributed by atoms with Gasteiger partial charge in [0.2, 0.25) is 5.76 Å². The fourth-order valence-electron chi connectivity index (χ4n) is 1.74. The molecule has 20 heavy (non-hydrogen) atoms. The number of aryl methyl sites for hydroxylation is 1. The summed E-state index contributed by atoms with van der Waals surface area (Å²) in [5, 5.41) is 8.84. The summed E-state index contributed by atoms with van der Waals surface area (Å²) in [6.45, 7) is 1.51. The number of carboxylic acid groups (broad SMARTS) is 1. The van der Waals surface area contributed by atoms with Crippen LogP contribution in [-0.2, 0) is 15.6 Å². The van der Waals surface area contributed by atoms with E-state index in [9.17, 15) is 17.6 Å². The van der Waals surface area contributed by atoms with E-state index in [2.05, 4.69) is 0 Å². The molecule has 0 aliphatic carbocycles. The third-order valence-electron chi connectivity index (χ3n) is 2.67. The summed E-state index contributed by atoms with van der Waals surface area (Å²) >= 11 is 0. The first kappa shape index (κ1) is 14.3. The number of sulfone groups is 1. The van der Waals surface area contributed by atoms with Gasteiger partial charge in [0.1, 0.15) is 17.3 Å². The quantitative estimate of drug-likeness (QED) is 0.876. The summed E-state index contributed by atoms with van der Waals surface area (Å²) in [6.07, 6.45) is 0. The Bertz CT molecular complexity index is 744. The van der Waals surface area contributed by atoms with E-state index in [1.807, 2.05) is 0 Å². The van der Waals surface area contributed by atoms with Crippen LogP contribution in [0.3, 0.4) is 0 Å². The van der Waals surface area contributed by atoms with Crippen molar-refractivity contribution in [1.29, 1.82) is 0 Å². The maximum atomic E-state index is 12.8. The van der Waals surface area contributed by atoms with E-state index in [1.165, 1.54) is 13.0 Å². The topological polar surface area (TPSA) is 84.6 Å². The lowest BCUT2D eigenvalue weighted by Crippen LogP contribution is -2.04. The van der Waals surface area contributed by atoms with Crippen LogP contribution < -0.4 is 0 Å². The molecule has 0 aliphatic rings. The number of hydrogen-bond donors (Lipinski definition) is 1. The highest BCUT2D eigenvalue weighted by Gasteiger charge is 2.21. The highest BCUT2D eigenvalue weighted by Crippen LogP contribution is 2.21. The summed E-state index contributed by atoms with van der Waals surface area (Å²) in [5.74, 6) is -2.52. The van der Waals surface area contributed by atoms with E-state index >= 15 is 0 Å². The maximum Gasteiger partial charge on any atom is 0.372 e. The van der Waals surface area contributed by atoms with Crippen LogP contribution >= 0.6 is 0 Å². The molecule has 2 rings (SSSR count). The highest BCUT2D eigenvalue weighted by atomic mass is 32.2. The van der Waals surface area contributed by atoms with Gasteiger partial charge < -0.3 is 9.52 Å². The van der Waals surface area contributed by atoms with Crippen molar-refractivity contribution in [2.24, 2.45) is 0 Å². The molecule has 1 aromatic heterocycles. The van der Waals surface area contributed by atoms with Crippen molar-refractivity contribution in [1.82, 2.24) is 0 Å². The Kier molecular flexibility index (Phi) is 3.63. The molecule has 2 aromatic rings. The molecule has 0 unspecified atom stereocenters. The van der Waals surface area contributed by atoms with Gasteiger partial charge >= 0.3 is 5.97 Å². The third kappa shape index (κ3) is 2.88. The minimum absolute atomic E-state index is 0.0317. The number of carbonyl (C=O) groups is 1. The lowest BCUT2D eigenvalue weighted by molar-refractivity contribution is 0.0659. The van der Waals surface area contributed by atoms with Crippen LogP contribution in [0.5, 0.6) is 0 Å². The van der Waals surface area contributed by atoms with Crippen LogP contribution in [0.25, 0.3) is 0 Å². The van der Waals surface area contributed by atoms with Crippen molar-refractivity contribution in [3.8, 4) is 0 Å². The molecule has 0 fully saturated rings. The third-order valence-corrected chi connectivity index (χ3v) is 4.32. The molecule has 0 aliphatic heterocycles. The first-order valence-corrected chi connectivity index (χ1v) is 7.26. The number of hydrogen-bond acceptors (Lipinski definition) is 4. The molecule has 7 heteroatoms. The molecule has 0 amide bonds. The summed E-state index contributed by atoms with van der Waals surface area (Å²) in [7, 11) is -3.71. The first-order valence-electron chi connectivity index (χ1n) is 5.60. The number of carboxylic acids is 1. The molecule has 106 valence electrons. The molecule has 1 N–H and O–H groups in total. The van der Waals surface area contributed by atoms with Crippen molar-refractivity contribution in [3.05, 3.63) is 53.2 Å². The zero-order chi connectivity index (χ0) is 14.9. The first-order chi connectivity index (χ1) is 9.29. The summed E-state index contributed by atoms with van der Waals surface area (Å²) in [6, 6.07) is 5.76. The second-order valence-corrected chi connectivity index (χ2v) is 6.23. The number of halogens is 1. The predicted molar refractivity (Wildman–Crippen MR) is 67.7 cm³/mol. The standard InChI is InChI=1S/C13H11FO5S/c1-8-6-10(19-12(8)13(15)16)7-20(17,18)11-4-2-9(14)3-5-11/h2-6H,7H2,1H3,(H,15,16). The minimum atomic E-state index is -3.71. The van der Waals surface area contributed by atoms with Gasteiger partial charge in [-0.05, 0) is 37.3 Å². The van der Waals surface area contributed by atoms with Gasteiger partial charge in [-0.15, -0.1) is 0 Å². The Hall–Kier alpha value is -2.15. The largest absolute Gasteiger partial charge is 0.475 e. The van der Waals surface area contributed by atoms with Gasteiger partial charge in [0.05, 0.1) is 4.90 Å². The molecule has 0 saturated carbocycles. The minimum Gasteiger partial charge on any atom is -0.475 e. The second kappa shape index (κ2) is 5.09. The Morgan fingerprint density at radius 3 is 2.40 bits per heavy atom. The fraction of sp³-hybridized carbons (Fsp3) is 0.154. The van der Waals surface area contributed by atoms with E-state index in [1.54, 1.807) is 0 Å². The Labute approximate surface area is 114 Å². The molecule has 1 heterocycles. The van der Waals surface area contributed by atoms with E-state index in [0.29, 0.717) is 5.56 Å². The van der Waals surface area contributed by atoms with Gasteiger partial charge in [0, 0.05) is 5.56 Å². The molecular weight excluding hydrogens is 287 g/mol. The Balaban J connectivity index is 2.31. The molecule has 0 spiro atoms. The van der Waals surface area contributed by atoms with Crippen molar-refractivity contribution >= 4 is 15.8 Å². The van der Waals surface area contributed by atoms with E-state index < -0.39 is 27.4 Å². The van der Waals surface area contributed by atoms with Crippen molar-refractivity contribution in [2.75, 3.05) is 0 Å². The molecule has 1 aromatic carbocycles. The smallest absolute Gasteiger partial charge is 0.372 e. The second-order valence-electron chi connectivity index (χ2n) is 4.24. The van der Waals surface area contributed by atoms with E-state index in [0.717, 1.165) is 24.3 Å². The van der Waals surface area contributed by atoms with Gasteiger partial charge in [-0.25, -0.2) is 17.6 Å². The molecule has 0 saturated heterocycles. The monoisotopic (exact) mass is 298 g/mol. The molecule has 5 nitrogen and oxygen atoms in total.